The first-order valence-corrected chi connectivity index (χ1v) is 7.25. The normalized spacial score (nSPS) is 18.4. The van der Waals surface area contributed by atoms with Crippen LogP contribution >= 0.6 is 23.2 Å². The molecule has 2 atom stereocenters. The van der Waals surface area contributed by atoms with Gasteiger partial charge in [0.1, 0.15) is 5.75 Å². The number of fused-ring (bicyclic) bond motifs is 1. The number of para-hydroxylation sites is 1. The summed E-state index contributed by atoms with van der Waals surface area (Å²) in [5.41, 5.74) is 1.83. The number of halogens is 2. The van der Waals surface area contributed by atoms with E-state index >= 15 is 0 Å². The molecule has 2 aromatic carbocycles. The van der Waals surface area contributed by atoms with E-state index in [1.807, 2.05) is 24.3 Å². The van der Waals surface area contributed by atoms with E-state index in [1.54, 1.807) is 18.2 Å². The van der Waals surface area contributed by atoms with Crippen LogP contribution in [0.4, 0.5) is 0 Å². The Bertz CT molecular complexity index is 607. The van der Waals surface area contributed by atoms with Gasteiger partial charge in [0.05, 0.1) is 12.7 Å². The van der Waals surface area contributed by atoms with Crippen molar-refractivity contribution in [1.29, 1.82) is 0 Å². The summed E-state index contributed by atoms with van der Waals surface area (Å²) in [5, 5.41) is 11.7. The zero-order chi connectivity index (χ0) is 14.1. The van der Waals surface area contributed by atoms with Gasteiger partial charge in [-0.05, 0) is 23.8 Å². The van der Waals surface area contributed by atoms with E-state index in [4.69, 9.17) is 27.9 Å². The first kappa shape index (κ1) is 13.7. The number of rotatable bonds is 3. The van der Waals surface area contributed by atoms with Crippen molar-refractivity contribution in [2.24, 2.45) is 0 Å². The minimum Gasteiger partial charge on any atom is -0.493 e. The Morgan fingerprint density at radius 2 is 1.80 bits per heavy atom. The molecular formula is C16H14Cl2O2. The number of ether oxygens (including phenoxy) is 1. The van der Waals surface area contributed by atoms with Gasteiger partial charge in [0, 0.05) is 27.9 Å². The predicted molar refractivity (Wildman–Crippen MR) is 80.9 cm³/mol. The van der Waals surface area contributed by atoms with Crippen LogP contribution in [0.3, 0.4) is 0 Å². The zero-order valence-corrected chi connectivity index (χ0v) is 12.2. The second-order valence-corrected chi connectivity index (χ2v) is 5.74. The van der Waals surface area contributed by atoms with E-state index in [9.17, 15) is 5.11 Å². The van der Waals surface area contributed by atoms with Crippen LogP contribution in [-0.4, -0.2) is 17.8 Å². The number of aliphatic hydroxyl groups excluding tert-OH is 1. The van der Waals surface area contributed by atoms with Crippen molar-refractivity contribution in [2.75, 3.05) is 6.61 Å². The van der Waals surface area contributed by atoms with Crippen LogP contribution in [0.25, 0.3) is 0 Å². The Kier molecular flexibility index (Phi) is 3.88. The molecule has 104 valence electrons. The van der Waals surface area contributed by atoms with Crippen LogP contribution < -0.4 is 4.74 Å². The summed E-state index contributed by atoms with van der Waals surface area (Å²) in [7, 11) is 0. The average molecular weight is 309 g/mol. The van der Waals surface area contributed by atoms with Crippen molar-refractivity contribution in [3.8, 4) is 5.75 Å². The lowest BCUT2D eigenvalue weighted by Crippen LogP contribution is -2.22. The quantitative estimate of drug-likeness (QED) is 0.926. The second kappa shape index (κ2) is 5.65. The van der Waals surface area contributed by atoms with Crippen molar-refractivity contribution in [1.82, 2.24) is 0 Å². The molecule has 0 saturated heterocycles. The zero-order valence-electron chi connectivity index (χ0n) is 10.7. The molecule has 0 saturated carbocycles. The third-order valence-electron chi connectivity index (χ3n) is 3.68. The number of aliphatic hydroxyl groups is 1. The number of hydrogen-bond acceptors (Lipinski definition) is 2. The molecule has 0 radical (unpaired) electrons. The fourth-order valence-corrected chi connectivity index (χ4v) is 3.14. The molecule has 4 heteroatoms. The molecule has 1 aliphatic heterocycles. The maximum atomic E-state index is 10.5. The lowest BCUT2D eigenvalue weighted by molar-refractivity contribution is 0.129. The van der Waals surface area contributed by atoms with Gasteiger partial charge in [-0.3, -0.25) is 0 Å². The highest BCUT2D eigenvalue weighted by molar-refractivity contribution is 6.36. The fourth-order valence-electron chi connectivity index (χ4n) is 2.58. The molecule has 1 heterocycles. The maximum Gasteiger partial charge on any atom is 0.123 e. The van der Waals surface area contributed by atoms with E-state index in [-0.39, 0.29) is 5.92 Å². The molecule has 1 N–H and O–H groups in total. The lowest BCUT2D eigenvalue weighted by atomic mass is 9.91. The molecule has 2 unspecified atom stereocenters. The summed E-state index contributed by atoms with van der Waals surface area (Å²) < 4.78 is 5.60. The lowest BCUT2D eigenvalue weighted by Gasteiger charge is -2.18. The Morgan fingerprint density at radius 3 is 2.55 bits per heavy atom. The van der Waals surface area contributed by atoms with Gasteiger partial charge in [0.2, 0.25) is 0 Å². The molecule has 0 aliphatic carbocycles. The van der Waals surface area contributed by atoms with Gasteiger partial charge in [-0.1, -0.05) is 47.5 Å². The van der Waals surface area contributed by atoms with Crippen LogP contribution in [0.15, 0.2) is 42.5 Å². The Morgan fingerprint density at radius 1 is 1.10 bits per heavy atom. The molecule has 2 aromatic rings. The van der Waals surface area contributed by atoms with E-state index in [0.717, 1.165) is 16.9 Å². The van der Waals surface area contributed by atoms with Crippen molar-refractivity contribution in [2.45, 2.75) is 18.4 Å². The molecule has 0 spiro atoms. The Balaban J connectivity index is 1.83. The summed E-state index contributed by atoms with van der Waals surface area (Å²) in [6, 6.07) is 13.2. The van der Waals surface area contributed by atoms with Crippen LogP contribution in [0.5, 0.6) is 5.75 Å². The first-order chi connectivity index (χ1) is 9.66. The highest BCUT2D eigenvalue weighted by Crippen LogP contribution is 2.37. The van der Waals surface area contributed by atoms with E-state index in [2.05, 4.69) is 0 Å². The molecule has 2 nitrogen and oxygen atoms in total. The molecule has 3 rings (SSSR count). The predicted octanol–water partition coefficient (Wildman–Crippen LogP) is 4.07. The van der Waals surface area contributed by atoms with E-state index in [0.29, 0.717) is 23.1 Å². The minimum absolute atomic E-state index is 0.0430. The SMILES string of the molecule is OC(Cc1c(Cl)cccc1Cl)C1COc2ccccc21. The molecule has 0 fully saturated rings. The topological polar surface area (TPSA) is 29.5 Å². The summed E-state index contributed by atoms with van der Waals surface area (Å²) in [5.74, 6) is 0.806. The van der Waals surface area contributed by atoms with Gasteiger partial charge in [0.15, 0.2) is 0 Å². The monoisotopic (exact) mass is 308 g/mol. The standard InChI is InChI=1S/C16H14Cl2O2/c17-13-5-3-6-14(18)11(13)8-15(19)12-9-20-16-7-2-1-4-10(12)16/h1-7,12,15,19H,8-9H2. The molecule has 1 aliphatic rings. The van der Waals surface area contributed by atoms with Crippen LogP contribution in [0, 0.1) is 0 Å². The summed E-state index contributed by atoms with van der Waals surface area (Å²) in [4.78, 5) is 0. The third kappa shape index (κ3) is 2.51. The first-order valence-electron chi connectivity index (χ1n) is 6.49. The van der Waals surface area contributed by atoms with Gasteiger partial charge in [-0.25, -0.2) is 0 Å². The Hall–Kier alpha value is -1.22. The molecule has 0 amide bonds. The summed E-state index contributed by atoms with van der Waals surface area (Å²) >= 11 is 12.3. The molecule has 0 bridgehead atoms. The molecule has 0 aromatic heterocycles. The Labute approximate surface area is 127 Å². The van der Waals surface area contributed by atoms with Crippen molar-refractivity contribution < 1.29 is 9.84 Å². The third-order valence-corrected chi connectivity index (χ3v) is 4.38. The van der Waals surface area contributed by atoms with Gasteiger partial charge < -0.3 is 9.84 Å². The second-order valence-electron chi connectivity index (χ2n) is 4.93. The highest BCUT2D eigenvalue weighted by Gasteiger charge is 2.30. The largest absolute Gasteiger partial charge is 0.493 e. The van der Waals surface area contributed by atoms with Gasteiger partial charge in [-0.2, -0.15) is 0 Å². The van der Waals surface area contributed by atoms with Gasteiger partial charge in [0.25, 0.3) is 0 Å². The average Bonchev–Trinajstić information content (AvgIpc) is 2.87. The number of hydrogen-bond donors (Lipinski definition) is 1. The molecule has 20 heavy (non-hydrogen) atoms. The summed E-state index contributed by atoms with van der Waals surface area (Å²) in [6.45, 7) is 0.489. The van der Waals surface area contributed by atoms with Gasteiger partial charge in [-0.15, -0.1) is 0 Å². The maximum absolute atomic E-state index is 10.5. The van der Waals surface area contributed by atoms with Crippen LogP contribution in [0.2, 0.25) is 10.0 Å². The van der Waals surface area contributed by atoms with Crippen molar-refractivity contribution >= 4 is 23.2 Å². The van der Waals surface area contributed by atoms with Crippen LogP contribution in [0.1, 0.15) is 17.0 Å². The van der Waals surface area contributed by atoms with Gasteiger partial charge >= 0.3 is 0 Å². The van der Waals surface area contributed by atoms with E-state index in [1.165, 1.54) is 0 Å². The van der Waals surface area contributed by atoms with E-state index < -0.39 is 6.10 Å². The van der Waals surface area contributed by atoms with Crippen molar-refractivity contribution in [3.63, 3.8) is 0 Å². The highest BCUT2D eigenvalue weighted by atomic mass is 35.5. The summed E-state index contributed by atoms with van der Waals surface area (Å²) in [6.07, 6.45) is -0.156. The minimum atomic E-state index is -0.573. The fraction of sp³-hybridized carbons (Fsp3) is 0.250. The number of benzene rings is 2. The molecular weight excluding hydrogens is 295 g/mol. The smallest absolute Gasteiger partial charge is 0.123 e. The van der Waals surface area contributed by atoms with Crippen molar-refractivity contribution in [3.05, 3.63) is 63.6 Å². The van der Waals surface area contributed by atoms with Crippen LogP contribution in [-0.2, 0) is 6.42 Å².